The van der Waals surface area contributed by atoms with Crippen molar-refractivity contribution in [2.45, 2.75) is 19.4 Å². The van der Waals surface area contributed by atoms with E-state index >= 15 is 0 Å². The van der Waals surface area contributed by atoms with Crippen molar-refractivity contribution < 1.29 is 24.5 Å². The lowest BCUT2D eigenvalue weighted by Crippen LogP contribution is -2.26. The molecule has 0 bridgehead atoms. The SMILES string of the molecule is COC(Cn1cc(C(=O)N(C)Cc2ccc(Cl)c(Cl)c2)c(O)c1O)OC. The molecule has 0 saturated heterocycles. The number of methoxy groups -OCH3 is 2. The molecule has 0 saturated carbocycles. The number of carbonyl (C=O) groups is 1. The Bertz CT molecular complexity index is 790. The Balaban J connectivity index is 2.18. The lowest BCUT2D eigenvalue weighted by molar-refractivity contribution is -0.111. The molecular formula is C17H20Cl2N2O5. The molecule has 0 unspecified atom stereocenters. The molecule has 2 aromatic rings. The van der Waals surface area contributed by atoms with Gasteiger partial charge >= 0.3 is 0 Å². The van der Waals surface area contributed by atoms with Crippen LogP contribution in [-0.2, 0) is 22.6 Å². The average Bonchev–Trinajstić information content (AvgIpc) is 2.90. The van der Waals surface area contributed by atoms with Gasteiger partial charge in [-0.25, -0.2) is 0 Å². The van der Waals surface area contributed by atoms with E-state index in [1.54, 1.807) is 25.2 Å². The molecule has 7 nitrogen and oxygen atoms in total. The van der Waals surface area contributed by atoms with Crippen LogP contribution in [0.1, 0.15) is 15.9 Å². The molecule has 0 atom stereocenters. The third kappa shape index (κ3) is 4.42. The predicted molar refractivity (Wildman–Crippen MR) is 97.8 cm³/mol. The summed E-state index contributed by atoms with van der Waals surface area (Å²) in [5.41, 5.74) is 0.744. The van der Waals surface area contributed by atoms with Gasteiger partial charge in [0.25, 0.3) is 5.91 Å². The van der Waals surface area contributed by atoms with Crippen molar-refractivity contribution in [2.24, 2.45) is 0 Å². The third-order valence-corrected chi connectivity index (χ3v) is 4.62. The van der Waals surface area contributed by atoms with Crippen molar-refractivity contribution in [1.29, 1.82) is 0 Å². The zero-order chi connectivity index (χ0) is 19.4. The highest BCUT2D eigenvalue weighted by Gasteiger charge is 2.24. The molecule has 1 amide bonds. The van der Waals surface area contributed by atoms with Gasteiger partial charge in [0, 0.05) is 34.0 Å². The smallest absolute Gasteiger partial charge is 0.259 e. The lowest BCUT2D eigenvalue weighted by atomic mass is 10.2. The predicted octanol–water partition coefficient (Wildman–Crippen LogP) is 3.10. The fourth-order valence-electron chi connectivity index (χ4n) is 2.43. The van der Waals surface area contributed by atoms with Crippen LogP contribution in [0.5, 0.6) is 11.6 Å². The van der Waals surface area contributed by atoms with Crippen LogP contribution in [0.25, 0.3) is 0 Å². The molecule has 0 aliphatic rings. The number of nitrogens with zero attached hydrogens (tertiary/aromatic N) is 2. The Hall–Kier alpha value is -1.93. The number of amides is 1. The van der Waals surface area contributed by atoms with Crippen LogP contribution >= 0.6 is 23.2 Å². The van der Waals surface area contributed by atoms with Gasteiger partial charge in [-0.15, -0.1) is 0 Å². The first kappa shape index (κ1) is 20.4. The van der Waals surface area contributed by atoms with Gasteiger partial charge < -0.3 is 29.2 Å². The maximum absolute atomic E-state index is 12.6. The van der Waals surface area contributed by atoms with Gasteiger partial charge in [0.05, 0.1) is 16.6 Å². The van der Waals surface area contributed by atoms with Crippen LogP contribution in [0.2, 0.25) is 10.0 Å². The van der Waals surface area contributed by atoms with E-state index in [-0.39, 0.29) is 18.7 Å². The minimum absolute atomic E-state index is 0.0315. The first-order valence-electron chi connectivity index (χ1n) is 7.64. The number of ether oxygens (including phenoxy) is 2. The molecule has 1 aromatic carbocycles. The van der Waals surface area contributed by atoms with E-state index < -0.39 is 23.8 Å². The number of hydrogen-bond acceptors (Lipinski definition) is 5. The summed E-state index contributed by atoms with van der Waals surface area (Å²) in [6, 6.07) is 5.06. The van der Waals surface area contributed by atoms with Crippen molar-refractivity contribution in [3.05, 3.63) is 45.6 Å². The number of hydrogen-bond donors (Lipinski definition) is 2. The highest BCUT2D eigenvalue weighted by molar-refractivity contribution is 6.42. The van der Waals surface area contributed by atoms with Gasteiger partial charge in [-0.1, -0.05) is 29.3 Å². The summed E-state index contributed by atoms with van der Waals surface area (Å²) in [5.74, 6) is -1.40. The minimum Gasteiger partial charge on any atom is -0.503 e. The first-order chi connectivity index (χ1) is 12.3. The van der Waals surface area contributed by atoms with Crippen molar-refractivity contribution in [1.82, 2.24) is 9.47 Å². The summed E-state index contributed by atoms with van der Waals surface area (Å²) < 4.78 is 11.4. The molecule has 2 rings (SSSR count). The number of benzene rings is 1. The second-order valence-electron chi connectivity index (χ2n) is 5.68. The van der Waals surface area contributed by atoms with E-state index in [1.165, 1.54) is 29.9 Å². The zero-order valence-corrected chi connectivity index (χ0v) is 16.1. The summed E-state index contributed by atoms with van der Waals surface area (Å²) in [4.78, 5) is 14.0. The second kappa shape index (κ2) is 8.64. The molecule has 9 heteroatoms. The van der Waals surface area contributed by atoms with Gasteiger partial charge in [-0.05, 0) is 17.7 Å². The molecule has 26 heavy (non-hydrogen) atoms. The molecule has 0 spiro atoms. The molecule has 0 radical (unpaired) electrons. The standard InChI is InChI=1S/C17H20Cl2N2O5/c1-20(7-10-4-5-12(18)13(19)6-10)16(23)11-8-21(17(24)15(11)22)9-14(25-2)26-3/h4-6,8,14,22,24H,7,9H2,1-3H3. The Morgan fingerprint density at radius 1 is 1.23 bits per heavy atom. The van der Waals surface area contributed by atoms with Gasteiger partial charge in [-0.2, -0.15) is 0 Å². The Morgan fingerprint density at radius 3 is 2.46 bits per heavy atom. The number of rotatable bonds is 7. The normalized spacial score (nSPS) is 11.2. The third-order valence-electron chi connectivity index (χ3n) is 3.88. The number of aromatic nitrogens is 1. The van der Waals surface area contributed by atoms with E-state index in [4.69, 9.17) is 32.7 Å². The molecule has 1 heterocycles. The minimum atomic E-state index is -0.635. The van der Waals surface area contributed by atoms with Crippen LogP contribution in [0.4, 0.5) is 0 Å². The van der Waals surface area contributed by atoms with E-state index in [0.717, 1.165) is 5.56 Å². The zero-order valence-electron chi connectivity index (χ0n) is 14.6. The van der Waals surface area contributed by atoms with Gasteiger partial charge in [-0.3, -0.25) is 4.79 Å². The van der Waals surface area contributed by atoms with Crippen molar-refractivity contribution in [3.8, 4) is 11.6 Å². The average molecular weight is 403 g/mol. The molecule has 1 aromatic heterocycles. The van der Waals surface area contributed by atoms with Gasteiger partial charge in [0.15, 0.2) is 12.0 Å². The van der Waals surface area contributed by atoms with Crippen LogP contribution in [0.3, 0.4) is 0 Å². The van der Waals surface area contributed by atoms with E-state index in [0.29, 0.717) is 10.0 Å². The largest absolute Gasteiger partial charge is 0.503 e. The Labute approximate surface area is 161 Å². The van der Waals surface area contributed by atoms with Crippen LogP contribution < -0.4 is 0 Å². The van der Waals surface area contributed by atoms with Crippen molar-refractivity contribution in [2.75, 3.05) is 21.3 Å². The highest BCUT2D eigenvalue weighted by Crippen LogP contribution is 2.32. The second-order valence-corrected chi connectivity index (χ2v) is 6.49. The van der Waals surface area contributed by atoms with Crippen LogP contribution in [-0.4, -0.2) is 53.1 Å². The van der Waals surface area contributed by atoms with Gasteiger partial charge in [0.2, 0.25) is 5.88 Å². The maximum Gasteiger partial charge on any atom is 0.259 e. The molecule has 142 valence electrons. The quantitative estimate of drug-likeness (QED) is 0.695. The van der Waals surface area contributed by atoms with E-state index in [2.05, 4.69) is 0 Å². The first-order valence-corrected chi connectivity index (χ1v) is 8.40. The topological polar surface area (TPSA) is 84.2 Å². The summed E-state index contributed by atoms with van der Waals surface area (Å²) in [6.07, 6.45) is 0.716. The van der Waals surface area contributed by atoms with Gasteiger partial charge in [0.1, 0.15) is 5.56 Å². The Kier molecular flexibility index (Phi) is 6.77. The van der Waals surface area contributed by atoms with Crippen LogP contribution in [0.15, 0.2) is 24.4 Å². The van der Waals surface area contributed by atoms with Crippen molar-refractivity contribution >= 4 is 29.1 Å². The molecule has 0 aliphatic carbocycles. The number of carbonyl (C=O) groups excluding carboxylic acids is 1. The number of halogens is 2. The molecule has 0 aliphatic heterocycles. The van der Waals surface area contributed by atoms with Crippen molar-refractivity contribution in [3.63, 3.8) is 0 Å². The fourth-order valence-corrected chi connectivity index (χ4v) is 2.75. The van der Waals surface area contributed by atoms with Crippen LogP contribution in [0, 0.1) is 0 Å². The highest BCUT2D eigenvalue weighted by atomic mass is 35.5. The molecule has 0 fully saturated rings. The van der Waals surface area contributed by atoms with E-state index in [1.807, 2.05) is 0 Å². The summed E-state index contributed by atoms with van der Waals surface area (Å²) >= 11 is 11.9. The molecule has 2 N–H and O–H groups in total. The summed E-state index contributed by atoms with van der Waals surface area (Å²) in [7, 11) is 4.48. The lowest BCUT2D eigenvalue weighted by Gasteiger charge is -2.17. The molecular weight excluding hydrogens is 383 g/mol. The Morgan fingerprint density at radius 2 is 1.88 bits per heavy atom. The summed E-state index contributed by atoms with van der Waals surface area (Å²) in [6.45, 7) is 0.357. The fraction of sp³-hybridized carbons (Fsp3) is 0.353. The number of aromatic hydroxyl groups is 2. The van der Waals surface area contributed by atoms with E-state index in [9.17, 15) is 15.0 Å². The maximum atomic E-state index is 12.6. The summed E-state index contributed by atoms with van der Waals surface area (Å²) in [5, 5.41) is 21.0. The monoisotopic (exact) mass is 402 g/mol.